The lowest BCUT2D eigenvalue weighted by Gasteiger charge is -1.97. The van der Waals surface area contributed by atoms with Crippen molar-refractivity contribution < 1.29 is 17.3 Å². The summed E-state index contributed by atoms with van der Waals surface area (Å²) in [6.07, 6.45) is 1.00. The van der Waals surface area contributed by atoms with Crippen LogP contribution in [0.3, 0.4) is 0 Å². The molecule has 0 aromatic heterocycles. The zero-order valence-electron chi connectivity index (χ0n) is 16.8. The molecular weight excluding hydrogens is 336 g/mol. The fourth-order valence-electron chi connectivity index (χ4n) is 0.269. The molecule has 0 aliphatic heterocycles. The fourth-order valence-corrected chi connectivity index (χ4v) is 0.640. The van der Waals surface area contributed by atoms with E-state index in [-0.39, 0.29) is 6.61 Å². The molecule has 0 bridgehead atoms. The Morgan fingerprint density at radius 1 is 0.560 bits per heavy atom. The molecule has 0 saturated carbocycles. The molecule has 0 aliphatic rings. The summed E-state index contributed by atoms with van der Waals surface area (Å²) in [6, 6.07) is 0. The van der Waals surface area contributed by atoms with Gasteiger partial charge in [-0.2, -0.15) is 8.42 Å². The van der Waals surface area contributed by atoms with Crippen LogP contribution in [0.15, 0.2) is 105 Å². The third-order valence-corrected chi connectivity index (χ3v) is 1.18. The van der Waals surface area contributed by atoms with Crippen molar-refractivity contribution in [3.8, 4) is 0 Å². The topological polar surface area (TPSA) is 52.6 Å². The molecule has 0 aliphatic carbocycles. The van der Waals surface area contributed by atoms with Gasteiger partial charge in [0.25, 0.3) is 10.1 Å². The highest BCUT2D eigenvalue weighted by molar-refractivity contribution is 7.85. The molecule has 4 nitrogen and oxygen atoms in total. The van der Waals surface area contributed by atoms with Crippen molar-refractivity contribution in [2.45, 2.75) is 0 Å². The molecule has 0 fully saturated rings. The zero-order chi connectivity index (χ0) is 23.3. The number of methoxy groups -OCH3 is 1. The molecule has 0 rings (SSSR count). The Morgan fingerprint density at radius 2 is 0.760 bits per heavy atom. The summed E-state index contributed by atoms with van der Waals surface area (Å²) in [7, 11) is -1.80. The number of ether oxygens (including phenoxy) is 1. The van der Waals surface area contributed by atoms with Crippen molar-refractivity contribution >= 4 is 10.1 Å². The minimum atomic E-state index is -3.28. The van der Waals surface area contributed by atoms with E-state index in [4.69, 9.17) is 0 Å². The van der Waals surface area contributed by atoms with E-state index in [1.54, 1.807) is 0 Å². The van der Waals surface area contributed by atoms with Crippen LogP contribution in [0.5, 0.6) is 0 Å². The summed E-state index contributed by atoms with van der Waals surface area (Å²) in [6.45, 7) is 48.4. The molecule has 152 valence electrons. The second-order valence-electron chi connectivity index (χ2n) is 1.52. The van der Waals surface area contributed by atoms with Crippen LogP contribution in [-0.2, 0) is 19.0 Å². The summed E-state index contributed by atoms with van der Waals surface area (Å²) >= 11 is 0. The standard InChI is InChI=1S/C4H10O4S.8C2H4/c1-7-3-4-8-9(2,5)6;8*1-2/h3-4H2,1-2H3;8*1-2H2. The van der Waals surface area contributed by atoms with Gasteiger partial charge in [-0.05, 0) is 0 Å². The highest BCUT2D eigenvalue weighted by Gasteiger charge is 1.98. The Morgan fingerprint density at radius 3 is 0.880 bits per heavy atom. The van der Waals surface area contributed by atoms with Crippen molar-refractivity contribution in [2.75, 3.05) is 26.6 Å². The monoisotopic (exact) mass is 378 g/mol. The summed E-state index contributed by atoms with van der Waals surface area (Å²) in [5.74, 6) is 0. The second kappa shape index (κ2) is 155. The first-order valence-electron chi connectivity index (χ1n) is 6.39. The minimum Gasteiger partial charge on any atom is -0.382 e. The third-order valence-electron chi connectivity index (χ3n) is 0.585. The van der Waals surface area contributed by atoms with Gasteiger partial charge in [0, 0.05) is 7.11 Å². The zero-order valence-corrected chi connectivity index (χ0v) is 17.6. The number of hydrogen-bond donors (Lipinski definition) is 0. The molecule has 0 atom stereocenters. The highest BCUT2D eigenvalue weighted by atomic mass is 32.2. The predicted molar refractivity (Wildman–Crippen MR) is 123 cm³/mol. The average molecular weight is 379 g/mol. The van der Waals surface area contributed by atoms with Gasteiger partial charge in [0.05, 0.1) is 19.5 Å². The van der Waals surface area contributed by atoms with Crippen LogP contribution in [0.1, 0.15) is 0 Å². The van der Waals surface area contributed by atoms with Gasteiger partial charge >= 0.3 is 0 Å². The highest BCUT2D eigenvalue weighted by Crippen LogP contribution is 1.84. The molecule has 25 heavy (non-hydrogen) atoms. The van der Waals surface area contributed by atoms with Crippen LogP contribution in [0.2, 0.25) is 0 Å². The molecule has 0 heterocycles. The first kappa shape index (κ1) is 56.9. The maximum atomic E-state index is 10.2. The van der Waals surface area contributed by atoms with Crippen LogP contribution in [0, 0.1) is 0 Å². The van der Waals surface area contributed by atoms with E-state index in [1.807, 2.05) is 0 Å². The molecule has 0 amide bonds. The lowest BCUT2D eigenvalue weighted by Crippen LogP contribution is -2.07. The summed E-state index contributed by atoms with van der Waals surface area (Å²) in [5, 5.41) is 0. The van der Waals surface area contributed by atoms with Gasteiger partial charge < -0.3 is 4.74 Å². The number of hydrogen-bond acceptors (Lipinski definition) is 4. The molecule has 0 N–H and O–H groups in total. The molecule has 0 aromatic carbocycles. The van der Waals surface area contributed by atoms with E-state index in [0.29, 0.717) is 6.61 Å². The Labute approximate surface area is 159 Å². The third kappa shape index (κ3) is 594. The van der Waals surface area contributed by atoms with Crippen LogP contribution >= 0.6 is 0 Å². The maximum absolute atomic E-state index is 10.2. The molecule has 0 spiro atoms. The summed E-state index contributed by atoms with van der Waals surface area (Å²) in [4.78, 5) is 0. The summed E-state index contributed by atoms with van der Waals surface area (Å²) < 4.78 is 29.3. The molecule has 0 aromatic rings. The number of rotatable bonds is 4. The minimum absolute atomic E-state index is 0.0926. The largest absolute Gasteiger partial charge is 0.382 e. The second-order valence-corrected chi connectivity index (χ2v) is 3.16. The SMILES string of the molecule is C=C.C=C.C=C.C=C.C=C.C=C.C=C.C=C.COCCOS(C)(=O)=O. The first-order chi connectivity index (χ1) is 12.1. The Balaban J connectivity index is -0.0000000194. The quantitative estimate of drug-likeness (QED) is 0.340. The Hall–Kier alpha value is -2.21. The van der Waals surface area contributed by atoms with E-state index in [0.717, 1.165) is 6.26 Å². The van der Waals surface area contributed by atoms with Gasteiger partial charge in [0.15, 0.2) is 0 Å². The van der Waals surface area contributed by atoms with E-state index >= 15 is 0 Å². The Bertz CT molecular complexity index is 228. The van der Waals surface area contributed by atoms with Crippen LogP contribution in [-0.4, -0.2) is 35.0 Å². The van der Waals surface area contributed by atoms with Crippen LogP contribution in [0.25, 0.3) is 0 Å². The van der Waals surface area contributed by atoms with Gasteiger partial charge in [-0.25, -0.2) is 0 Å². The van der Waals surface area contributed by atoms with Gasteiger partial charge in [-0.15, -0.1) is 105 Å². The maximum Gasteiger partial charge on any atom is 0.264 e. The van der Waals surface area contributed by atoms with E-state index in [1.165, 1.54) is 7.11 Å². The molecular formula is C20H42O4S. The van der Waals surface area contributed by atoms with Crippen LogP contribution < -0.4 is 0 Å². The van der Waals surface area contributed by atoms with Crippen LogP contribution in [0.4, 0.5) is 0 Å². The molecule has 0 radical (unpaired) electrons. The van der Waals surface area contributed by atoms with Gasteiger partial charge in [-0.1, -0.05) is 0 Å². The smallest absolute Gasteiger partial charge is 0.264 e. The van der Waals surface area contributed by atoms with Crippen molar-refractivity contribution in [1.29, 1.82) is 0 Å². The van der Waals surface area contributed by atoms with Gasteiger partial charge in [0.2, 0.25) is 0 Å². The first-order valence-corrected chi connectivity index (χ1v) is 8.21. The molecule has 0 unspecified atom stereocenters. The normalized spacial score (nSPS) is 5.52. The van der Waals surface area contributed by atoms with Crippen molar-refractivity contribution in [1.82, 2.24) is 0 Å². The van der Waals surface area contributed by atoms with Crippen molar-refractivity contribution in [3.63, 3.8) is 0 Å². The van der Waals surface area contributed by atoms with Crippen molar-refractivity contribution in [2.24, 2.45) is 0 Å². The van der Waals surface area contributed by atoms with Crippen molar-refractivity contribution in [3.05, 3.63) is 105 Å². The lowest BCUT2D eigenvalue weighted by molar-refractivity contribution is 0.150. The van der Waals surface area contributed by atoms with Gasteiger partial charge in [0.1, 0.15) is 0 Å². The molecule has 5 heteroatoms. The van der Waals surface area contributed by atoms with E-state index in [2.05, 4.69) is 114 Å². The summed E-state index contributed by atoms with van der Waals surface area (Å²) in [5.41, 5.74) is 0. The average Bonchev–Trinajstić information content (AvgIpc) is 2.73. The van der Waals surface area contributed by atoms with E-state index < -0.39 is 10.1 Å². The van der Waals surface area contributed by atoms with Gasteiger partial charge in [-0.3, -0.25) is 4.18 Å². The fraction of sp³-hybridized carbons (Fsp3) is 0.200. The predicted octanol–water partition coefficient (Wildman–Crippen LogP) is 6.03. The Kier molecular flexibility index (Phi) is 353. The molecule has 0 saturated heterocycles. The van der Waals surface area contributed by atoms with E-state index in [9.17, 15) is 8.42 Å². The lowest BCUT2D eigenvalue weighted by atomic mass is 10.8.